The third-order valence-corrected chi connectivity index (χ3v) is 4.15. The summed E-state index contributed by atoms with van der Waals surface area (Å²) < 4.78 is 5.20. The van der Waals surface area contributed by atoms with Gasteiger partial charge in [-0.05, 0) is 30.5 Å². The first kappa shape index (κ1) is 18.1. The van der Waals surface area contributed by atoms with Gasteiger partial charge in [-0.3, -0.25) is 4.79 Å². The van der Waals surface area contributed by atoms with Crippen molar-refractivity contribution in [2.75, 3.05) is 39.8 Å². The Bertz CT molecular complexity index is 562. The first-order valence-corrected chi connectivity index (χ1v) is 8.57. The minimum atomic E-state index is -0.0288. The van der Waals surface area contributed by atoms with Crippen molar-refractivity contribution in [3.8, 4) is 5.75 Å². The van der Waals surface area contributed by atoms with E-state index in [2.05, 4.69) is 5.32 Å². The average molecular weight is 333 g/mol. The molecular formula is C18H27N3O3. The molecule has 1 heterocycles. The predicted molar refractivity (Wildman–Crippen MR) is 93.2 cm³/mol. The molecule has 0 spiro atoms. The minimum Gasteiger partial charge on any atom is -0.497 e. The zero-order valence-electron chi connectivity index (χ0n) is 14.6. The van der Waals surface area contributed by atoms with Gasteiger partial charge in [-0.1, -0.05) is 19.1 Å². The van der Waals surface area contributed by atoms with Gasteiger partial charge < -0.3 is 19.9 Å². The van der Waals surface area contributed by atoms with Gasteiger partial charge in [0.15, 0.2) is 0 Å². The van der Waals surface area contributed by atoms with Crippen LogP contribution in [0.15, 0.2) is 24.3 Å². The van der Waals surface area contributed by atoms with E-state index in [-0.39, 0.29) is 11.9 Å². The molecule has 2 rings (SSSR count). The van der Waals surface area contributed by atoms with Gasteiger partial charge in [0.25, 0.3) is 0 Å². The summed E-state index contributed by atoms with van der Waals surface area (Å²) in [4.78, 5) is 28.2. The van der Waals surface area contributed by atoms with Crippen LogP contribution in [0.4, 0.5) is 4.79 Å². The van der Waals surface area contributed by atoms with Crippen molar-refractivity contribution >= 4 is 11.9 Å². The predicted octanol–water partition coefficient (Wildman–Crippen LogP) is 1.89. The zero-order valence-corrected chi connectivity index (χ0v) is 14.6. The first-order chi connectivity index (χ1) is 11.6. The summed E-state index contributed by atoms with van der Waals surface area (Å²) in [5.41, 5.74) is 0.946. The van der Waals surface area contributed by atoms with E-state index in [0.717, 1.165) is 24.2 Å². The van der Waals surface area contributed by atoms with E-state index in [1.807, 2.05) is 36.1 Å². The highest BCUT2D eigenvalue weighted by Gasteiger charge is 2.21. The Kier molecular flexibility index (Phi) is 6.90. The molecule has 24 heavy (non-hydrogen) atoms. The second-order valence-corrected chi connectivity index (χ2v) is 5.98. The minimum absolute atomic E-state index is 0.0288. The van der Waals surface area contributed by atoms with Crippen molar-refractivity contribution in [3.05, 3.63) is 29.8 Å². The van der Waals surface area contributed by atoms with Gasteiger partial charge in [-0.2, -0.15) is 0 Å². The fourth-order valence-corrected chi connectivity index (χ4v) is 2.78. The Morgan fingerprint density at radius 3 is 2.67 bits per heavy atom. The second kappa shape index (κ2) is 9.15. The number of hydrogen-bond acceptors (Lipinski definition) is 3. The lowest BCUT2D eigenvalue weighted by Gasteiger charge is -2.22. The summed E-state index contributed by atoms with van der Waals surface area (Å²) in [5, 5.41) is 2.90. The van der Waals surface area contributed by atoms with Crippen LogP contribution in [0.1, 0.15) is 25.3 Å². The number of methoxy groups -OCH3 is 1. The number of nitrogens with one attached hydrogen (secondary N) is 1. The molecule has 1 aliphatic heterocycles. The molecule has 1 aromatic rings. The molecular weight excluding hydrogens is 306 g/mol. The standard InChI is InChI=1S/C18H27N3O3/c1-3-8-19-18(23)21-10-5-9-20(11-12-21)17(22)14-15-6-4-7-16(13-15)24-2/h4,6-7,13H,3,5,8-12,14H2,1-2H3,(H,19,23). The largest absolute Gasteiger partial charge is 0.497 e. The number of nitrogens with zero attached hydrogens (tertiary/aromatic N) is 2. The van der Waals surface area contributed by atoms with Crippen molar-refractivity contribution in [2.24, 2.45) is 0 Å². The number of ether oxygens (including phenoxy) is 1. The van der Waals surface area contributed by atoms with Gasteiger partial charge in [0, 0.05) is 32.7 Å². The van der Waals surface area contributed by atoms with Crippen molar-refractivity contribution in [1.29, 1.82) is 0 Å². The van der Waals surface area contributed by atoms with Gasteiger partial charge in [0.1, 0.15) is 5.75 Å². The van der Waals surface area contributed by atoms with E-state index in [9.17, 15) is 9.59 Å². The van der Waals surface area contributed by atoms with E-state index < -0.39 is 0 Å². The molecule has 0 bridgehead atoms. The highest BCUT2D eigenvalue weighted by atomic mass is 16.5. The maximum Gasteiger partial charge on any atom is 0.317 e. The van der Waals surface area contributed by atoms with Gasteiger partial charge in [-0.15, -0.1) is 0 Å². The Balaban J connectivity index is 1.88. The molecule has 132 valence electrons. The van der Waals surface area contributed by atoms with Crippen LogP contribution in [0, 0.1) is 0 Å². The maximum absolute atomic E-state index is 12.5. The van der Waals surface area contributed by atoms with E-state index in [4.69, 9.17) is 4.74 Å². The molecule has 0 saturated carbocycles. The Hall–Kier alpha value is -2.24. The molecule has 0 atom stereocenters. The number of rotatable bonds is 5. The van der Waals surface area contributed by atoms with Crippen LogP contribution in [-0.2, 0) is 11.2 Å². The molecule has 1 fully saturated rings. The summed E-state index contributed by atoms with van der Waals surface area (Å²) in [7, 11) is 1.62. The first-order valence-electron chi connectivity index (χ1n) is 8.57. The van der Waals surface area contributed by atoms with Crippen molar-refractivity contribution in [3.63, 3.8) is 0 Å². The molecule has 1 saturated heterocycles. The van der Waals surface area contributed by atoms with Gasteiger partial charge >= 0.3 is 6.03 Å². The molecule has 0 aliphatic carbocycles. The molecule has 0 unspecified atom stereocenters. The molecule has 0 radical (unpaired) electrons. The monoisotopic (exact) mass is 333 g/mol. The zero-order chi connectivity index (χ0) is 17.4. The highest BCUT2D eigenvalue weighted by molar-refractivity contribution is 5.79. The summed E-state index contributed by atoms with van der Waals surface area (Å²) in [5.74, 6) is 0.856. The molecule has 1 aromatic carbocycles. The van der Waals surface area contributed by atoms with Crippen LogP contribution in [0.5, 0.6) is 5.75 Å². The number of benzene rings is 1. The number of amides is 3. The summed E-state index contributed by atoms with van der Waals surface area (Å²) in [6, 6.07) is 7.55. The number of hydrogen-bond donors (Lipinski definition) is 1. The normalized spacial score (nSPS) is 14.9. The average Bonchev–Trinajstić information content (AvgIpc) is 2.86. The maximum atomic E-state index is 12.5. The second-order valence-electron chi connectivity index (χ2n) is 5.98. The van der Waals surface area contributed by atoms with E-state index in [1.165, 1.54) is 0 Å². The van der Waals surface area contributed by atoms with Crippen LogP contribution in [0.2, 0.25) is 0 Å². The van der Waals surface area contributed by atoms with Crippen LogP contribution in [0.25, 0.3) is 0 Å². The van der Waals surface area contributed by atoms with Crippen LogP contribution < -0.4 is 10.1 Å². The van der Waals surface area contributed by atoms with Gasteiger partial charge in [0.05, 0.1) is 13.5 Å². The van der Waals surface area contributed by atoms with E-state index >= 15 is 0 Å². The highest BCUT2D eigenvalue weighted by Crippen LogP contribution is 2.14. The smallest absolute Gasteiger partial charge is 0.317 e. The third-order valence-electron chi connectivity index (χ3n) is 4.15. The number of urea groups is 1. The fraction of sp³-hybridized carbons (Fsp3) is 0.556. The topological polar surface area (TPSA) is 61.9 Å². The van der Waals surface area contributed by atoms with Crippen molar-refractivity contribution < 1.29 is 14.3 Å². The Morgan fingerprint density at radius 1 is 1.17 bits per heavy atom. The molecule has 3 amide bonds. The van der Waals surface area contributed by atoms with Crippen LogP contribution in [-0.4, -0.2) is 61.6 Å². The van der Waals surface area contributed by atoms with E-state index in [0.29, 0.717) is 39.1 Å². The lowest BCUT2D eigenvalue weighted by atomic mass is 10.1. The SMILES string of the molecule is CCCNC(=O)N1CCCN(C(=O)Cc2cccc(OC)c2)CC1. The van der Waals surface area contributed by atoms with Crippen LogP contribution in [0.3, 0.4) is 0 Å². The van der Waals surface area contributed by atoms with Gasteiger partial charge in [0.2, 0.25) is 5.91 Å². The Labute approximate surface area is 143 Å². The number of carbonyl (C=O) groups is 2. The van der Waals surface area contributed by atoms with Crippen molar-refractivity contribution in [2.45, 2.75) is 26.2 Å². The lowest BCUT2D eigenvalue weighted by molar-refractivity contribution is -0.130. The molecule has 6 nitrogen and oxygen atoms in total. The molecule has 6 heteroatoms. The third kappa shape index (κ3) is 5.15. The quantitative estimate of drug-likeness (QED) is 0.895. The molecule has 1 aliphatic rings. The van der Waals surface area contributed by atoms with Crippen molar-refractivity contribution in [1.82, 2.24) is 15.1 Å². The lowest BCUT2D eigenvalue weighted by Crippen LogP contribution is -2.43. The molecule has 0 aromatic heterocycles. The summed E-state index contributed by atoms with van der Waals surface area (Å²) in [6.45, 7) is 5.27. The van der Waals surface area contributed by atoms with Crippen LogP contribution >= 0.6 is 0 Å². The molecule has 1 N–H and O–H groups in total. The summed E-state index contributed by atoms with van der Waals surface area (Å²) >= 11 is 0. The summed E-state index contributed by atoms with van der Waals surface area (Å²) in [6.07, 6.45) is 2.09. The number of carbonyl (C=O) groups excluding carboxylic acids is 2. The van der Waals surface area contributed by atoms with Gasteiger partial charge in [-0.25, -0.2) is 4.79 Å². The Morgan fingerprint density at radius 2 is 1.92 bits per heavy atom. The van der Waals surface area contributed by atoms with E-state index in [1.54, 1.807) is 12.0 Å². The fourth-order valence-electron chi connectivity index (χ4n) is 2.78.